The van der Waals surface area contributed by atoms with Crippen LogP contribution in [0.3, 0.4) is 0 Å². The quantitative estimate of drug-likeness (QED) is 0.855. The average molecular weight is 256 g/mol. The van der Waals surface area contributed by atoms with Crippen molar-refractivity contribution >= 4 is 5.97 Å². The van der Waals surface area contributed by atoms with E-state index in [1.54, 1.807) is 6.07 Å². The Hall–Kier alpha value is -2.29. The fourth-order valence-corrected chi connectivity index (χ4v) is 1.97. The van der Waals surface area contributed by atoms with Gasteiger partial charge in [-0.05, 0) is 11.1 Å². The molecule has 0 fully saturated rings. The molecule has 19 heavy (non-hydrogen) atoms. The molecule has 0 aliphatic heterocycles. The molecule has 0 saturated carbocycles. The number of aromatic hydroxyl groups is 1. The molecule has 0 aromatic heterocycles. The van der Waals surface area contributed by atoms with Crippen molar-refractivity contribution in [2.75, 3.05) is 7.11 Å². The average Bonchev–Trinajstić information content (AvgIpc) is 2.44. The zero-order valence-corrected chi connectivity index (χ0v) is 10.8. The van der Waals surface area contributed by atoms with E-state index in [2.05, 4.69) is 4.74 Å². The van der Waals surface area contributed by atoms with Crippen LogP contribution < -0.4 is 0 Å². The van der Waals surface area contributed by atoms with Crippen molar-refractivity contribution in [3.63, 3.8) is 0 Å². The number of para-hydroxylation sites is 1. The molecule has 0 spiro atoms. The molecule has 98 valence electrons. The fraction of sp³-hybridized carbons (Fsp3) is 0.188. The third kappa shape index (κ3) is 3.35. The Labute approximate surface area is 112 Å². The molecule has 0 saturated heterocycles. The van der Waals surface area contributed by atoms with Crippen molar-refractivity contribution in [2.24, 2.45) is 0 Å². The number of rotatable bonds is 4. The number of methoxy groups -OCH3 is 1. The summed E-state index contributed by atoms with van der Waals surface area (Å²) in [6, 6.07) is 15.3. The molecule has 2 aromatic rings. The van der Waals surface area contributed by atoms with Crippen LogP contribution in [0.2, 0.25) is 0 Å². The molecule has 1 N–H and O–H groups in total. The maximum Gasteiger partial charge on any atom is 0.310 e. The summed E-state index contributed by atoms with van der Waals surface area (Å²) in [5.41, 5.74) is 2.53. The molecule has 0 amide bonds. The summed E-state index contributed by atoms with van der Waals surface area (Å²) in [6.07, 6.45) is 0.729. The van der Waals surface area contributed by atoms with Gasteiger partial charge in [0.05, 0.1) is 13.5 Å². The second kappa shape index (κ2) is 6.05. The fourth-order valence-electron chi connectivity index (χ4n) is 1.97. The smallest absolute Gasteiger partial charge is 0.310 e. The number of esters is 1. The molecule has 2 aromatic carbocycles. The minimum atomic E-state index is -0.354. The molecule has 3 heteroatoms. The van der Waals surface area contributed by atoms with Gasteiger partial charge in [-0.25, -0.2) is 0 Å². The lowest BCUT2D eigenvalue weighted by Crippen LogP contribution is -2.05. The van der Waals surface area contributed by atoms with E-state index < -0.39 is 0 Å². The number of phenols is 1. The molecule has 0 aliphatic carbocycles. The molecule has 2 rings (SSSR count). The number of carbonyl (C=O) groups excluding carboxylic acids is 1. The Morgan fingerprint density at radius 2 is 1.74 bits per heavy atom. The highest BCUT2D eigenvalue weighted by atomic mass is 16.5. The first-order valence-electron chi connectivity index (χ1n) is 6.11. The molecular weight excluding hydrogens is 240 g/mol. The van der Waals surface area contributed by atoms with E-state index in [1.165, 1.54) is 7.11 Å². The summed E-state index contributed by atoms with van der Waals surface area (Å²) in [6.45, 7) is 0. The van der Waals surface area contributed by atoms with Gasteiger partial charge in [-0.2, -0.15) is 0 Å². The first kappa shape index (κ1) is 13.1. The van der Waals surface area contributed by atoms with Gasteiger partial charge in [0.15, 0.2) is 0 Å². The maximum atomic E-state index is 11.3. The Morgan fingerprint density at radius 3 is 2.42 bits per heavy atom. The van der Waals surface area contributed by atoms with Crippen LogP contribution in [0.1, 0.15) is 16.7 Å². The van der Waals surface area contributed by atoms with Crippen LogP contribution in [0, 0.1) is 0 Å². The molecule has 0 atom stereocenters. The lowest BCUT2D eigenvalue weighted by Gasteiger charge is -2.09. The number of benzene rings is 2. The van der Waals surface area contributed by atoms with Crippen molar-refractivity contribution in [1.82, 2.24) is 0 Å². The highest BCUT2D eigenvalue weighted by molar-refractivity contribution is 5.73. The predicted octanol–water partition coefficient (Wildman–Crippen LogP) is 2.70. The number of phenolic OH excluding ortho intramolecular Hbond substituents is 1. The van der Waals surface area contributed by atoms with E-state index in [9.17, 15) is 9.90 Å². The van der Waals surface area contributed by atoms with Crippen LogP contribution in [0.5, 0.6) is 5.75 Å². The Kier molecular flexibility index (Phi) is 4.18. The lowest BCUT2D eigenvalue weighted by molar-refractivity contribution is -0.139. The summed E-state index contributed by atoms with van der Waals surface area (Å²) in [5.74, 6) is -0.177. The van der Waals surface area contributed by atoms with Gasteiger partial charge in [-0.1, -0.05) is 48.5 Å². The van der Waals surface area contributed by atoms with Gasteiger partial charge in [-0.3, -0.25) is 4.79 Å². The van der Waals surface area contributed by atoms with E-state index in [4.69, 9.17) is 0 Å². The van der Waals surface area contributed by atoms with Crippen molar-refractivity contribution < 1.29 is 14.6 Å². The van der Waals surface area contributed by atoms with E-state index in [0.29, 0.717) is 12.0 Å². The van der Waals surface area contributed by atoms with Crippen molar-refractivity contribution in [3.05, 3.63) is 65.2 Å². The van der Waals surface area contributed by atoms with E-state index in [-0.39, 0.29) is 18.1 Å². The van der Waals surface area contributed by atoms with Crippen molar-refractivity contribution in [1.29, 1.82) is 0 Å². The normalized spacial score (nSPS) is 10.2. The Bertz CT molecular complexity index is 561. The van der Waals surface area contributed by atoms with Gasteiger partial charge in [0.1, 0.15) is 5.75 Å². The summed E-state index contributed by atoms with van der Waals surface area (Å²) in [4.78, 5) is 11.3. The van der Waals surface area contributed by atoms with E-state index >= 15 is 0 Å². The zero-order chi connectivity index (χ0) is 13.7. The van der Waals surface area contributed by atoms with E-state index in [0.717, 1.165) is 11.1 Å². The monoisotopic (exact) mass is 256 g/mol. The molecule has 0 unspecified atom stereocenters. The minimum absolute atomic E-state index is 0.0883. The first-order chi connectivity index (χ1) is 9.20. The third-order valence-electron chi connectivity index (χ3n) is 3.00. The summed E-state index contributed by atoms with van der Waals surface area (Å²) < 4.78 is 4.62. The van der Waals surface area contributed by atoms with E-state index in [1.807, 2.05) is 42.5 Å². The zero-order valence-electron chi connectivity index (χ0n) is 10.8. The van der Waals surface area contributed by atoms with Crippen LogP contribution in [-0.4, -0.2) is 18.2 Å². The van der Waals surface area contributed by atoms with Gasteiger partial charge in [0.2, 0.25) is 0 Å². The van der Waals surface area contributed by atoms with Crippen LogP contribution in [0.15, 0.2) is 48.5 Å². The van der Waals surface area contributed by atoms with Crippen molar-refractivity contribution in [2.45, 2.75) is 12.8 Å². The summed E-state index contributed by atoms with van der Waals surface area (Å²) in [5, 5.41) is 10.2. The summed E-state index contributed by atoms with van der Waals surface area (Å²) in [7, 11) is 1.34. The number of hydrogen-bond donors (Lipinski definition) is 1. The van der Waals surface area contributed by atoms with Crippen LogP contribution in [0.25, 0.3) is 0 Å². The molecule has 0 bridgehead atoms. The Balaban J connectivity index is 2.22. The van der Waals surface area contributed by atoms with Gasteiger partial charge in [0.25, 0.3) is 0 Å². The molecule has 0 aliphatic rings. The van der Waals surface area contributed by atoms with Crippen LogP contribution >= 0.6 is 0 Å². The first-order valence-corrected chi connectivity index (χ1v) is 6.11. The van der Waals surface area contributed by atoms with Gasteiger partial charge < -0.3 is 9.84 Å². The van der Waals surface area contributed by atoms with Crippen LogP contribution in [-0.2, 0) is 22.4 Å². The third-order valence-corrected chi connectivity index (χ3v) is 3.00. The molecule has 0 radical (unpaired) electrons. The second-order valence-corrected chi connectivity index (χ2v) is 4.34. The SMILES string of the molecule is COC(=O)Cc1cccc(Cc2ccccc2)c1O. The lowest BCUT2D eigenvalue weighted by atomic mass is 10.00. The topological polar surface area (TPSA) is 46.5 Å². The van der Waals surface area contributed by atoms with Crippen LogP contribution in [0.4, 0.5) is 0 Å². The predicted molar refractivity (Wildman–Crippen MR) is 73.1 cm³/mol. The molecule has 0 heterocycles. The number of hydrogen-bond acceptors (Lipinski definition) is 3. The molecule has 3 nitrogen and oxygen atoms in total. The standard InChI is InChI=1S/C16H16O3/c1-19-15(17)11-14-9-5-8-13(16(14)18)10-12-6-3-2-4-7-12/h2-9,18H,10-11H2,1H3. The largest absolute Gasteiger partial charge is 0.507 e. The summed E-state index contributed by atoms with van der Waals surface area (Å²) >= 11 is 0. The van der Waals surface area contributed by atoms with Gasteiger partial charge >= 0.3 is 5.97 Å². The highest BCUT2D eigenvalue weighted by Gasteiger charge is 2.11. The van der Waals surface area contributed by atoms with Gasteiger partial charge in [0, 0.05) is 12.0 Å². The number of carbonyl (C=O) groups is 1. The Morgan fingerprint density at radius 1 is 1.05 bits per heavy atom. The molecular formula is C16H16O3. The minimum Gasteiger partial charge on any atom is -0.507 e. The highest BCUT2D eigenvalue weighted by Crippen LogP contribution is 2.25. The number of ether oxygens (including phenoxy) is 1. The maximum absolute atomic E-state index is 11.3. The second-order valence-electron chi connectivity index (χ2n) is 4.34. The van der Waals surface area contributed by atoms with Crippen molar-refractivity contribution in [3.8, 4) is 5.75 Å². The van der Waals surface area contributed by atoms with Gasteiger partial charge in [-0.15, -0.1) is 0 Å².